The number of pyridine rings is 1. The highest BCUT2D eigenvalue weighted by Crippen LogP contribution is 2.47. The number of imidazole rings is 1. The minimum absolute atomic E-state index is 0.00893. The Morgan fingerprint density at radius 1 is 1.10 bits per heavy atom. The lowest BCUT2D eigenvalue weighted by molar-refractivity contribution is -0.144. The number of benzene rings is 1. The Labute approximate surface area is 232 Å². The molecule has 2 N–H and O–H groups in total. The van der Waals surface area contributed by atoms with Crippen molar-refractivity contribution in [3.63, 3.8) is 0 Å². The molecule has 9 nitrogen and oxygen atoms in total. The number of para-hydroxylation sites is 1. The van der Waals surface area contributed by atoms with E-state index in [2.05, 4.69) is 15.0 Å². The molecule has 4 atom stereocenters. The number of hydrogen-bond donors (Lipinski definition) is 2. The molecule has 2 bridgehead atoms. The molecule has 212 valence electrons. The van der Waals surface area contributed by atoms with Gasteiger partial charge in [0, 0.05) is 60.4 Å². The number of carboxylic acids is 1. The van der Waals surface area contributed by atoms with Gasteiger partial charge in [0.1, 0.15) is 17.2 Å². The van der Waals surface area contributed by atoms with Crippen molar-refractivity contribution in [2.45, 2.75) is 37.9 Å². The molecule has 0 radical (unpaired) electrons. The molecule has 12 heteroatoms. The summed E-state index contributed by atoms with van der Waals surface area (Å²) < 4.78 is 48.0. The van der Waals surface area contributed by atoms with E-state index in [1.807, 2.05) is 4.90 Å². The number of piperidine rings is 1. The van der Waals surface area contributed by atoms with E-state index in [1.165, 1.54) is 24.5 Å². The van der Waals surface area contributed by atoms with Gasteiger partial charge in [-0.05, 0) is 37.2 Å². The van der Waals surface area contributed by atoms with Crippen LogP contribution in [0.3, 0.4) is 0 Å². The predicted molar refractivity (Wildman–Crippen MR) is 140 cm³/mol. The molecule has 1 saturated heterocycles. The molecule has 3 aromatic heterocycles. The number of rotatable bonds is 6. The van der Waals surface area contributed by atoms with Crippen LogP contribution in [0.5, 0.6) is 5.75 Å². The molecule has 1 aromatic carbocycles. The molecule has 0 spiro atoms. The van der Waals surface area contributed by atoms with Crippen molar-refractivity contribution in [2.75, 3.05) is 18.0 Å². The van der Waals surface area contributed by atoms with Crippen LogP contribution in [-0.2, 0) is 4.79 Å². The van der Waals surface area contributed by atoms with Gasteiger partial charge in [0.05, 0.1) is 23.4 Å². The van der Waals surface area contributed by atoms with E-state index in [4.69, 9.17) is 4.74 Å². The molecular formula is C29H26F3N5O4. The second kappa shape index (κ2) is 9.72. The molecule has 7 rings (SSSR count). The summed E-state index contributed by atoms with van der Waals surface area (Å²) in [5.74, 6) is -1.55. The van der Waals surface area contributed by atoms with E-state index in [1.54, 1.807) is 28.8 Å². The largest absolute Gasteiger partial charge is 0.481 e. The molecule has 1 saturated carbocycles. The number of carbonyl (C=O) groups is 1. The number of hydrogen-bond acceptors (Lipinski definition) is 7. The maximum Gasteiger partial charge on any atom is 0.387 e. The average molecular weight is 566 g/mol. The normalized spacial score (nSPS) is 25.2. The van der Waals surface area contributed by atoms with Crippen molar-refractivity contribution in [1.82, 2.24) is 19.4 Å². The fraction of sp³-hybridized carbons (Fsp3) is 0.379. The van der Waals surface area contributed by atoms with Crippen LogP contribution in [0.25, 0.3) is 16.8 Å². The van der Waals surface area contributed by atoms with Crippen LogP contribution in [0.2, 0.25) is 0 Å². The number of aliphatic carboxylic acids is 1. The van der Waals surface area contributed by atoms with Gasteiger partial charge in [-0.1, -0.05) is 18.2 Å². The van der Waals surface area contributed by atoms with Crippen molar-refractivity contribution in [1.29, 1.82) is 0 Å². The van der Waals surface area contributed by atoms with Gasteiger partial charge in [0.2, 0.25) is 5.95 Å². The first-order valence-corrected chi connectivity index (χ1v) is 13.5. The van der Waals surface area contributed by atoms with E-state index in [0.717, 1.165) is 12.8 Å². The van der Waals surface area contributed by atoms with Crippen molar-refractivity contribution in [2.24, 2.45) is 17.8 Å². The fourth-order valence-electron chi connectivity index (χ4n) is 7.01. The van der Waals surface area contributed by atoms with E-state index >= 15 is 4.39 Å². The van der Waals surface area contributed by atoms with Gasteiger partial charge in [0.15, 0.2) is 0 Å². The highest BCUT2D eigenvalue weighted by Gasteiger charge is 2.46. The summed E-state index contributed by atoms with van der Waals surface area (Å²) >= 11 is 0. The van der Waals surface area contributed by atoms with Crippen molar-refractivity contribution in [3.8, 4) is 16.9 Å². The summed E-state index contributed by atoms with van der Waals surface area (Å²) in [7, 11) is 0. The molecule has 1 aliphatic heterocycles. The Balaban J connectivity index is 1.22. The molecule has 2 aliphatic carbocycles. The minimum Gasteiger partial charge on any atom is -0.481 e. The SMILES string of the molecule is O=C(O)C1C2CCC1CN(c1ncc(-c3cn4c5c(nc4cc3F)[C@H](O)C[C@@H]5c3ccccc3OC(F)F)cn1)C2. The maximum atomic E-state index is 15.3. The number of fused-ring (bicyclic) bond motifs is 5. The zero-order valence-corrected chi connectivity index (χ0v) is 21.7. The zero-order chi connectivity index (χ0) is 28.4. The topological polar surface area (TPSA) is 113 Å². The fourth-order valence-corrected chi connectivity index (χ4v) is 7.01. The number of aliphatic hydroxyl groups is 1. The number of aromatic nitrogens is 4. The van der Waals surface area contributed by atoms with E-state index < -0.39 is 30.4 Å². The molecule has 4 aromatic rings. The Kier molecular flexibility index (Phi) is 6.11. The molecule has 0 amide bonds. The second-order valence-corrected chi connectivity index (χ2v) is 11.0. The Bertz CT molecular complexity index is 1630. The summed E-state index contributed by atoms with van der Waals surface area (Å²) in [5.41, 5.74) is 2.34. The van der Waals surface area contributed by atoms with Crippen molar-refractivity contribution < 1.29 is 32.9 Å². The Hall–Kier alpha value is -4.19. The first kappa shape index (κ1) is 25.8. The molecule has 2 unspecified atom stereocenters. The number of nitrogens with zero attached hydrogens (tertiary/aromatic N) is 5. The monoisotopic (exact) mass is 565 g/mol. The molecule has 3 aliphatic rings. The summed E-state index contributed by atoms with van der Waals surface area (Å²) in [6.07, 6.45) is 5.63. The Morgan fingerprint density at radius 2 is 1.80 bits per heavy atom. The first-order chi connectivity index (χ1) is 19.8. The smallest absolute Gasteiger partial charge is 0.387 e. The Morgan fingerprint density at radius 3 is 2.49 bits per heavy atom. The van der Waals surface area contributed by atoms with Crippen LogP contribution >= 0.6 is 0 Å². The second-order valence-electron chi connectivity index (χ2n) is 11.0. The number of alkyl halides is 2. The first-order valence-electron chi connectivity index (χ1n) is 13.5. The van der Waals surface area contributed by atoms with Gasteiger partial charge in [-0.3, -0.25) is 4.79 Å². The number of aliphatic hydroxyl groups excluding tert-OH is 1. The quantitative estimate of drug-likeness (QED) is 0.348. The van der Waals surface area contributed by atoms with Crippen molar-refractivity contribution >= 4 is 17.6 Å². The van der Waals surface area contributed by atoms with E-state index in [0.29, 0.717) is 41.6 Å². The molecule has 4 heterocycles. The average Bonchev–Trinajstić information content (AvgIpc) is 3.56. The number of carboxylic acid groups (broad SMARTS) is 1. The highest BCUT2D eigenvalue weighted by molar-refractivity contribution is 5.72. The molecule has 41 heavy (non-hydrogen) atoms. The van der Waals surface area contributed by atoms with Crippen LogP contribution in [0, 0.1) is 23.6 Å². The third kappa shape index (κ3) is 4.28. The lowest BCUT2D eigenvalue weighted by Crippen LogP contribution is -2.45. The maximum absolute atomic E-state index is 15.3. The summed E-state index contributed by atoms with van der Waals surface area (Å²) in [6.45, 7) is -1.88. The number of halogens is 3. The van der Waals surface area contributed by atoms with Gasteiger partial charge in [-0.25, -0.2) is 19.3 Å². The van der Waals surface area contributed by atoms with Gasteiger partial charge in [0.25, 0.3) is 0 Å². The van der Waals surface area contributed by atoms with Crippen LogP contribution in [0.15, 0.2) is 48.9 Å². The number of anilines is 1. The zero-order valence-electron chi connectivity index (χ0n) is 21.7. The number of ether oxygens (including phenoxy) is 1. The summed E-state index contributed by atoms with van der Waals surface area (Å²) in [4.78, 5) is 27.1. The van der Waals surface area contributed by atoms with E-state index in [9.17, 15) is 23.8 Å². The lowest BCUT2D eigenvalue weighted by Gasteiger charge is -2.35. The lowest BCUT2D eigenvalue weighted by atomic mass is 9.85. The van der Waals surface area contributed by atoms with Gasteiger partial charge in [-0.2, -0.15) is 8.78 Å². The third-order valence-corrected chi connectivity index (χ3v) is 8.74. The third-order valence-electron chi connectivity index (χ3n) is 8.74. The van der Waals surface area contributed by atoms with Crippen LogP contribution in [-0.4, -0.2) is 55.2 Å². The van der Waals surface area contributed by atoms with Gasteiger partial charge < -0.3 is 24.3 Å². The highest BCUT2D eigenvalue weighted by atomic mass is 19.3. The predicted octanol–water partition coefficient (Wildman–Crippen LogP) is 4.65. The molecule has 2 fully saturated rings. The van der Waals surface area contributed by atoms with Crippen LogP contribution in [0.1, 0.15) is 48.2 Å². The van der Waals surface area contributed by atoms with Crippen molar-refractivity contribution in [3.05, 3.63) is 71.7 Å². The van der Waals surface area contributed by atoms with E-state index in [-0.39, 0.29) is 41.1 Å². The van der Waals surface area contributed by atoms with Gasteiger partial charge in [-0.15, -0.1) is 0 Å². The van der Waals surface area contributed by atoms with Crippen LogP contribution < -0.4 is 9.64 Å². The van der Waals surface area contributed by atoms with Crippen LogP contribution in [0.4, 0.5) is 19.1 Å². The van der Waals surface area contributed by atoms with Gasteiger partial charge >= 0.3 is 12.6 Å². The summed E-state index contributed by atoms with van der Waals surface area (Å²) in [6, 6.07) is 7.70. The molecular weight excluding hydrogens is 539 g/mol. The standard InChI is InChI=1S/C29H26F3N5O4/c30-20-8-23-35-25-21(38)7-18(17-3-1-2-4-22(17)41-28(31)32)26(25)37(23)13-19(20)16-9-33-29(34-10-16)36-11-14-5-6-15(12-36)24(14)27(39)40/h1-4,8-10,13-15,18,21,24,28,38H,5-7,11-12H2,(H,39,40)/t14?,15?,18-,21-,24?/m1/s1. The minimum atomic E-state index is -3.01. The summed E-state index contributed by atoms with van der Waals surface area (Å²) in [5, 5.41) is 20.4.